The van der Waals surface area contributed by atoms with E-state index in [1.54, 1.807) is 0 Å². The number of hydrogen-bond acceptors (Lipinski definition) is 9. The van der Waals surface area contributed by atoms with E-state index in [1.807, 2.05) is 18.2 Å². The minimum Gasteiger partial charge on any atom is -0.488 e. The molecular formula is C24H40N2O7. The Kier molecular flexibility index (Phi) is 12.8. The van der Waals surface area contributed by atoms with Crippen LogP contribution >= 0.6 is 0 Å². The van der Waals surface area contributed by atoms with E-state index in [9.17, 15) is 5.11 Å². The highest BCUT2D eigenvalue weighted by atomic mass is 16.5. The van der Waals surface area contributed by atoms with E-state index >= 15 is 0 Å². The Balaban J connectivity index is 1.73. The Hall–Kier alpha value is -1.46. The van der Waals surface area contributed by atoms with E-state index in [0.29, 0.717) is 78.2 Å². The summed E-state index contributed by atoms with van der Waals surface area (Å²) in [4.78, 5) is 4.57. The van der Waals surface area contributed by atoms with Crippen molar-refractivity contribution in [1.82, 2.24) is 9.80 Å². The average molecular weight is 469 g/mol. The van der Waals surface area contributed by atoms with E-state index in [-0.39, 0.29) is 6.61 Å². The molecule has 9 heteroatoms. The fraction of sp³-hybridized carbons (Fsp3) is 0.750. The molecule has 3 aliphatic rings. The first-order chi connectivity index (χ1) is 16.3. The predicted molar refractivity (Wildman–Crippen MR) is 124 cm³/mol. The van der Waals surface area contributed by atoms with Crippen LogP contribution in [0.15, 0.2) is 18.2 Å². The lowest BCUT2D eigenvalue weighted by molar-refractivity contribution is 0.00506. The second-order valence-corrected chi connectivity index (χ2v) is 8.08. The SMILES string of the molecule is OCCc1ccc2c(c1)OCCN1CCOCCOCCN(CCOCCOCC1)CCO2. The molecule has 3 aliphatic heterocycles. The zero-order valence-corrected chi connectivity index (χ0v) is 19.8. The first-order valence-electron chi connectivity index (χ1n) is 12.1. The van der Waals surface area contributed by atoms with Gasteiger partial charge >= 0.3 is 0 Å². The van der Waals surface area contributed by atoms with Crippen LogP contribution in [0.1, 0.15) is 5.56 Å². The third-order valence-corrected chi connectivity index (χ3v) is 5.69. The molecule has 188 valence electrons. The van der Waals surface area contributed by atoms with Crippen molar-refractivity contribution in [2.75, 3.05) is 112 Å². The van der Waals surface area contributed by atoms with Crippen LogP contribution in [0.2, 0.25) is 0 Å². The summed E-state index contributed by atoms with van der Waals surface area (Å²) in [5.41, 5.74) is 1.03. The third kappa shape index (κ3) is 10.6. The number of ether oxygens (including phenoxy) is 6. The van der Waals surface area contributed by atoms with Gasteiger partial charge in [0.15, 0.2) is 11.5 Å². The van der Waals surface area contributed by atoms with Crippen molar-refractivity contribution in [2.45, 2.75) is 6.42 Å². The van der Waals surface area contributed by atoms with E-state index in [2.05, 4.69) is 9.80 Å². The molecule has 0 aromatic heterocycles. The summed E-state index contributed by atoms with van der Waals surface area (Å²) in [6, 6.07) is 5.89. The van der Waals surface area contributed by atoms with Gasteiger partial charge in [-0.05, 0) is 24.1 Å². The molecule has 0 atom stereocenters. The van der Waals surface area contributed by atoms with Crippen LogP contribution in [0.4, 0.5) is 0 Å². The molecule has 0 unspecified atom stereocenters. The van der Waals surface area contributed by atoms with Crippen LogP contribution in [0.25, 0.3) is 0 Å². The zero-order valence-electron chi connectivity index (χ0n) is 19.8. The normalized spacial score (nSPS) is 25.2. The van der Waals surface area contributed by atoms with E-state index in [4.69, 9.17) is 28.4 Å². The number of nitrogens with zero attached hydrogens (tertiary/aromatic N) is 2. The van der Waals surface area contributed by atoms with Gasteiger partial charge in [0, 0.05) is 45.9 Å². The molecule has 1 saturated heterocycles. The van der Waals surface area contributed by atoms with Gasteiger partial charge in [0.25, 0.3) is 0 Å². The Morgan fingerprint density at radius 1 is 0.576 bits per heavy atom. The fourth-order valence-corrected chi connectivity index (χ4v) is 3.73. The van der Waals surface area contributed by atoms with Gasteiger partial charge in [0.1, 0.15) is 13.2 Å². The van der Waals surface area contributed by atoms with Crippen LogP contribution in [0.3, 0.4) is 0 Å². The topological polar surface area (TPSA) is 82.1 Å². The van der Waals surface area contributed by atoms with Crippen LogP contribution < -0.4 is 9.47 Å². The van der Waals surface area contributed by atoms with Gasteiger partial charge in [-0.3, -0.25) is 9.80 Å². The van der Waals surface area contributed by atoms with Crippen molar-refractivity contribution < 1.29 is 33.5 Å². The molecule has 3 heterocycles. The molecule has 1 N–H and O–H groups in total. The number of fused-ring (bicyclic) bond motifs is 18. The van der Waals surface area contributed by atoms with Crippen molar-refractivity contribution in [1.29, 1.82) is 0 Å². The molecule has 4 rings (SSSR count). The standard InChI is InChI=1S/C24H40N2O7/c27-10-3-22-1-2-23-24(21-22)33-16-9-26-6-13-30-19-17-28-11-4-25(8-15-32-23)5-12-29-18-20-31-14-7-26/h1-2,21,27H,3-20H2. The second kappa shape index (κ2) is 16.2. The minimum atomic E-state index is 0.104. The summed E-state index contributed by atoms with van der Waals surface area (Å²) >= 11 is 0. The predicted octanol–water partition coefficient (Wildman–Crippen LogP) is 0.677. The Bertz CT molecular complexity index is 629. The molecule has 1 aromatic carbocycles. The molecule has 0 radical (unpaired) electrons. The van der Waals surface area contributed by atoms with Gasteiger partial charge < -0.3 is 33.5 Å². The van der Waals surface area contributed by atoms with Gasteiger partial charge in [0.2, 0.25) is 0 Å². The quantitative estimate of drug-likeness (QED) is 0.674. The van der Waals surface area contributed by atoms with Crippen molar-refractivity contribution >= 4 is 0 Å². The fourth-order valence-electron chi connectivity index (χ4n) is 3.73. The molecule has 33 heavy (non-hydrogen) atoms. The minimum absolute atomic E-state index is 0.104. The molecule has 1 fully saturated rings. The summed E-state index contributed by atoms with van der Waals surface area (Å²) in [5, 5.41) is 9.32. The largest absolute Gasteiger partial charge is 0.488 e. The lowest BCUT2D eigenvalue weighted by Crippen LogP contribution is -2.36. The number of aliphatic hydroxyl groups is 1. The van der Waals surface area contributed by atoms with Gasteiger partial charge in [-0.2, -0.15) is 0 Å². The van der Waals surface area contributed by atoms with E-state index in [0.717, 1.165) is 50.6 Å². The van der Waals surface area contributed by atoms with Crippen LogP contribution in [0.5, 0.6) is 11.5 Å². The van der Waals surface area contributed by atoms with Gasteiger partial charge in [-0.25, -0.2) is 0 Å². The molecule has 9 nitrogen and oxygen atoms in total. The summed E-state index contributed by atoms with van der Waals surface area (Å²) in [5.74, 6) is 1.44. The summed E-state index contributed by atoms with van der Waals surface area (Å²) < 4.78 is 35.4. The number of aliphatic hydroxyl groups excluding tert-OH is 1. The summed E-state index contributed by atoms with van der Waals surface area (Å²) in [6.45, 7) is 10.8. The van der Waals surface area contributed by atoms with Crippen molar-refractivity contribution in [2.24, 2.45) is 0 Å². The Morgan fingerprint density at radius 3 is 1.52 bits per heavy atom. The molecule has 0 amide bonds. The highest BCUT2D eigenvalue weighted by Gasteiger charge is 2.12. The molecule has 0 saturated carbocycles. The molecule has 0 aliphatic carbocycles. The maximum Gasteiger partial charge on any atom is 0.161 e. The van der Waals surface area contributed by atoms with Crippen molar-refractivity contribution in [3.8, 4) is 11.5 Å². The lowest BCUT2D eigenvalue weighted by atomic mass is 10.1. The van der Waals surface area contributed by atoms with Crippen LogP contribution in [-0.2, 0) is 25.4 Å². The Labute approximate surface area is 197 Å². The zero-order chi connectivity index (χ0) is 23.0. The van der Waals surface area contributed by atoms with E-state index < -0.39 is 0 Å². The van der Waals surface area contributed by atoms with Gasteiger partial charge in [0.05, 0.1) is 52.9 Å². The maximum absolute atomic E-state index is 9.32. The number of hydrogen-bond donors (Lipinski definition) is 1. The summed E-state index contributed by atoms with van der Waals surface area (Å²) in [7, 11) is 0. The van der Waals surface area contributed by atoms with Gasteiger partial charge in [-0.1, -0.05) is 6.07 Å². The van der Waals surface area contributed by atoms with Crippen molar-refractivity contribution in [3.63, 3.8) is 0 Å². The molecule has 1 aromatic rings. The smallest absolute Gasteiger partial charge is 0.161 e. The van der Waals surface area contributed by atoms with Crippen LogP contribution in [0, 0.1) is 0 Å². The maximum atomic E-state index is 9.32. The molecular weight excluding hydrogens is 428 g/mol. The molecule has 2 bridgehead atoms. The highest BCUT2D eigenvalue weighted by molar-refractivity contribution is 5.43. The van der Waals surface area contributed by atoms with E-state index in [1.165, 1.54) is 0 Å². The number of rotatable bonds is 2. The Morgan fingerprint density at radius 2 is 1.03 bits per heavy atom. The van der Waals surface area contributed by atoms with Crippen LogP contribution in [-0.4, -0.2) is 127 Å². The third-order valence-electron chi connectivity index (χ3n) is 5.69. The van der Waals surface area contributed by atoms with Gasteiger partial charge in [-0.15, -0.1) is 0 Å². The van der Waals surface area contributed by atoms with Crippen molar-refractivity contribution in [3.05, 3.63) is 23.8 Å². The monoisotopic (exact) mass is 468 g/mol. The lowest BCUT2D eigenvalue weighted by Gasteiger charge is -2.25. The first kappa shape index (κ1) is 26.2. The first-order valence-corrected chi connectivity index (χ1v) is 12.1. The summed E-state index contributed by atoms with van der Waals surface area (Å²) in [6.07, 6.45) is 0.589. The highest BCUT2D eigenvalue weighted by Crippen LogP contribution is 2.29. The molecule has 0 spiro atoms. The second-order valence-electron chi connectivity index (χ2n) is 8.08. The number of benzene rings is 1. The average Bonchev–Trinajstić information content (AvgIpc) is 2.81.